The van der Waals surface area contributed by atoms with Crippen LogP contribution < -0.4 is 11.1 Å². The summed E-state index contributed by atoms with van der Waals surface area (Å²) in [5, 5.41) is 2.92. The lowest BCUT2D eigenvalue weighted by Gasteiger charge is -2.10. The van der Waals surface area contributed by atoms with Crippen molar-refractivity contribution in [3.63, 3.8) is 0 Å². The van der Waals surface area contributed by atoms with Crippen LogP contribution in [-0.4, -0.2) is 18.1 Å². The molecule has 0 unspecified atom stereocenters. The van der Waals surface area contributed by atoms with Gasteiger partial charge in [-0.15, -0.1) is 0 Å². The third kappa shape index (κ3) is 2.98. The number of nitrogens with zero attached hydrogens (tertiary/aromatic N) is 1. The summed E-state index contributed by atoms with van der Waals surface area (Å²) >= 11 is 0. The van der Waals surface area contributed by atoms with Crippen molar-refractivity contribution in [2.75, 3.05) is 18.2 Å². The number of anilines is 3. The van der Waals surface area contributed by atoms with Crippen LogP contribution in [0.1, 0.15) is 10.4 Å². The van der Waals surface area contributed by atoms with Gasteiger partial charge in [0.15, 0.2) is 0 Å². The minimum Gasteiger partial charge on any atom is -0.465 e. The predicted octanol–water partition coefficient (Wildman–Crippen LogP) is 2.33. The quantitative estimate of drug-likeness (QED) is 0.829. The fourth-order valence-corrected chi connectivity index (χ4v) is 1.57. The van der Waals surface area contributed by atoms with Gasteiger partial charge in [-0.25, -0.2) is 9.18 Å². The molecule has 2 aromatic rings. The van der Waals surface area contributed by atoms with Crippen molar-refractivity contribution >= 4 is 23.0 Å². The molecule has 0 amide bonds. The number of ether oxygens (including phenoxy) is 1. The van der Waals surface area contributed by atoms with Crippen LogP contribution in [0.25, 0.3) is 0 Å². The molecule has 6 heteroatoms. The second-order valence-corrected chi connectivity index (χ2v) is 3.81. The average Bonchev–Trinajstić information content (AvgIpc) is 2.40. The molecule has 5 nitrogen and oxygen atoms in total. The Morgan fingerprint density at radius 1 is 1.42 bits per heavy atom. The summed E-state index contributed by atoms with van der Waals surface area (Å²) < 4.78 is 18.0. The average molecular weight is 261 g/mol. The molecular formula is C13H12FN3O2. The van der Waals surface area contributed by atoms with Crippen molar-refractivity contribution in [3.8, 4) is 0 Å². The second kappa shape index (κ2) is 5.34. The highest BCUT2D eigenvalue weighted by Gasteiger charge is 2.09. The minimum absolute atomic E-state index is 0.123. The van der Waals surface area contributed by atoms with E-state index >= 15 is 0 Å². The maximum atomic E-state index is 13.4. The number of esters is 1. The molecule has 1 heterocycles. The standard InChI is InChI=1S/C13H12FN3O2/c1-19-13(18)8-4-9(14)6-10(5-8)17-12-2-3-16-7-11(12)15/h2-7H,15H2,1H3,(H,16,17). The summed E-state index contributed by atoms with van der Waals surface area (Å²) in [5.41, 5.74) is 7.25. The molecule has 19 heavy (non-hydrogen) atoms. The Kier molecular flexibility index (Phi) is 3.61. The van der Waals surface area contributed by atoms with Crippen molar-refractivity contribution in [3.05, 3.63) is 48.0 Å². The van der Waals surface area contributed by atoms with Crippen LogP contribution in [-0.2, 0) is 4.74 Å². The van der Waals surface area contributed by atoms with Crippen LogP contribution in [0.3, 0.4) is 0 Å². The van der Waals surface area contributed by atoms with Gasteiger partial charge in [-0.05, 0) is 24.3 Å². The molecule has 0 radical (unpaired) electrons. The maximum absolute atomic E-state index is 13.4. The number of hydrogen-bond donors (Lipinski definition) is 2. The molecule has 0 saturated heterocycles. The first-order valence-corrected chi connectivity index (χ1v) is 5.45. The topological polar surface area (TPSA) is 77.2 Å². The first kappa shape index (κ1) is 12.8. The number of methoxy groups -OCH3 is 1. The first-order chi connectivity index (χ1) is 9.10. The SMILES string of the molecule is COC(=O)c1cc(F)cc(Nc2ccncc2N)c1. The predicted molar refractivity (Wildman–Crippen MR) is 69.7 cm³/mol. The number of aromatic nitrogens is 1. The number of carbonyl (C=O) groups is 1. The van der Waals surface area contributed by atoms with Gasteiger partial charge in [-0.3, -0.25) is 4.98 Å². The van der Waals surface area contributed by atoms with Crippen LogP contribution in [0.2, 0.25) is 0 Å². The smallest absolute Gasteiger partial charge is 0.338 e. The molecule has 0 spiro atoms. The summed E-state index contributed by atoms with van der Waals surface area (Å²) in [7, 11) is 1.24. The van der Waals surface area contributed by atoms with Crippen LogP contribution >= 0.6 is 0 Å². The number of hydrogen-bond acceptors (Lipinski definition) is 5. The Labute approximate surface area is 109 Å². The van der Waals surface area contributed by atoms with E-state index in [4.69, 9.17) is 5.73 Å². The van der Waals surface area contributed by atoms with Crippen LogP contribution in [0.4, 0.5) is 21.5 Å². The van der Waals surface area contributed by atoms with E-state index in [1.165, 1.54) is 25.4 Å². The van der Waals surface area contributed by atoms with Crippen molar-refractivity contribution in [1.29, 1.82) is 0 Å². The number of rotatable bonds is 3. The number of carbonyl (C=O) groups excluding carboxylic acids is 1. The van der Waals surface area contributed by atoms with E-state index < -0.39 is 11.8 Å². The molecule has 98 valence electrons. The summed E-state index contributed by atoms with van der Waals surface area (Å²) in [6, 6.07) is 5.49. The van der Waals surface area contributed by atoms with Gasteiger partial charge in [-0.1, -0.05) is 0 Å². The maximum Gasteiger partial charge on any atom is 0.338 e. The number of halogens is 1. The van der Waals surface area contributed by atoms with Gasteiger partial charge in [0.2, 0.25) is 0 Å². The third-order valence-corrected chi connectivity index (χ3v) is 2.45. The number of nitrogens with two attached hydrogens (primary N) is 1. The van der Waals surface area contributed by atoms with Crippen LogP contribution in [0.5, 0.6) is 0 Å². The monoisotopic (exact) mass is 261 g/mol. The zero-order valence-corrected chi connectivity index (χ0v) is 10.2. The normalized spacial score (nSPS) is 10.0. The molecule has 0 aliphatic carbocycles. The van der Waals surface area contributed by atoms with Crippen molar-refractivity contribution in [1.82, 2.24) is 4.98 Å². The fourth-order valence-electron chi connectivity index (χ4n) is 1.57. The van der Waals surface area contributed by atoms with Gasteiger partial charge >= 0.3 is 5.97 Å². The molecule has 0 atom stereocenters. The summed E-state index contributed by atoms with van der Waals surface area (Å²) in [5.74, 6) is -1.15. The highest BCUT2D eigenvalue weighted by Crippen LogP contribution is 2.23. The molecule has 3 N–H and O–H groups in total. The number of nitrogen functional groups attached to an aromatic ring is 1. The lowest BCUT2D eigenvalue weighted by atomic mass is 10.2. The molecule has 0 aliphatic rings. The first-order valence-electron chi connectivity index (χ1n) is 5.45. The molecule has 0 saturated carbocycles. The second-order valence-electron chi connectivity index (χ2n) is 3.81. The van der Waals surface area contributed by atoms with Crippen molar-refractivity contribution < 1.29 is 13.9 Å². The lowest BCUT2D eigenvalue weighted by Crippen LogP contribution is -2.03. The van der Waals surface area contributed by atoms with Gasteiger partial charge < -0.3 is 15.8 Å². The Bertz CT molecular complexity index is 617. The van der Waals surface area contributed by atoms with Gasteiger partial charge in [0, 0.05) is 11.9 Å². The van der Waals surface area contributed by atoms with Crippen LogP contribution in [0, 0.1) is 5.82 Å². The van der Waals surface area contributed by atoms with Gasteiger partial charge in [0.05, 0.1) is 30.2 Å². The van der Waals surface area contributed by atoms with Crippen molar-refractivity contribution in [2.24, 2.45) is 0 Å². The summed E-state index contributed by atoms with van der Waals surface area (Å²) in [6.07, 6.45) is 3.03. The molecule has 1 aromatic heterocycles. The zero-order chi connectivity index (χ0) is 13.8. The molecule has 0 bridgehead atoms. The van der Waals surface area contributed by atoms with E-state index in [-0.39, 0.29) is 5.56 Å². The Morgan fingerprint density at radius 2 is 2.21 bits per heavy atom. The van der Waals surface area contributed by atoms with E-state index in [1.807, 2.05) is 0 Å². The van der Waals surface area contributed by atoms with E-state index in [9.17, 15) is 9.18 Å². The largest absolute Gasteiger partial charge is 0.465 e. The van der Waals surface area contributed by atoms with Gasteiger partial charge in [0.1, 0.15) is 5.82 Å². The third-order valence-electron chi connectivity index (χ3n) is 2.45. The Balaban J connectivity index is 2.33. The molecule has 2 rings (SSSR count). The fraction of sp³-hybridized carbons (Fsp3) is 0.0769. The number of nitrogens with one attached hydrogen (secondary N) is 1. The lowest BCUT2D eigenvalue weighted by molar-refractivity contribution is 0.0600. The Morgan fingerprint density at radius 3 is 2.89 bits per heavy atom. The van der Waals surface area contributed by atoms with E-state index in [0.717, 1.165) is 6.07 Å². The van der Waals surface area contributed by atoms with Gasteiger partial charge in [-0.2, -0.15) is 0 Å². The summed E-state index contributed by atoms with van der Waals surface area (Å²) in [4.78, 5) is 15.2. The highest BCUT2D eigenvalue weighted by atomic mass is 19.1. The number of benzene rings is 1. The van der Waals surface area contributed by atoms with E-state index in [1.54, 1.807) is 12.3 Å². The highest BCUT2D eigenvalue weighted by molar-refractivity contribution is 5.91. The minimum atomic E-state index is -0.606. The summed E-state index contributed by atoms with van der Waals surface area (Å²) in [6.45, 7) is 0. The molecular weight excluding hydrogens is 249 g/mol. The molecule has 0 aliphatic heterocycles. The molecule has 1 aromatic carbocycles. The number of pyridine rings is 1. The van der Waals surface area contributed by atoms with Crippen LogP contribution in [0.15, 0.2) is 36.7 Å². The zero-order valence-electron chi connectivity index (χ0n) is 10.2. The Hall–Kier alpha value is -2.63. The molecule has 0 fully saturated rings. The van der Waals surface area contributed by atoms with E-state index in [0.29, 0.717) is 17.1 Å². The van der Waals surface area contributed by atoms with Crippen molar-refractivity contribution in [2.45, 2.75) is 0 Å². The van der Waals surface area contributed by atoms with E-state index in [2.05, 4.69) is 15.0 Å². The van der Waals surface area contributed by atoms with Gasteiger partial charge in [0.25, 0.3) is 0 Å².